The summed E-state index contributed by atoms with van der Waals surface area (Å²) in [6.07, 6.45) is 6.66. The standard InChI is InChI=1S/C22H33N5O3/c1-24(2)19-6-13-25(16-19)11-3-12-27-17-22(30-21(27)29)7-14-26(15-8-22)20(28)18-4-9-23-10-5-18/h4-5,9-10,19H,3,6-8,11-17H2,1-2H3/t19-/m0/s1. The predicted molar refractivity (Wildman–Crippen MR) is 113 cm³/mol. The Balaban J connectivity index is 1.22. The number of piperidine rings is 1. The maximum absolute atomic E-state index is 12.6. The molecule has 1 spiro atoms. The number of ether oxygens (including phenoxy) is 1. The smallest absolute Gasteiger partial charge is 0.410 e. The molecule has 1 aromatic heterocycles. The van der Waals surface area contributed by atoms with Crippen LogP contribution < -0.4 is 0 Å². The van der Waals surface area contributed by atoms with Crippen molar-refractivity contribution < 1.29 is 14.3 Å². The fraction of sp³-hybridized carbons (Fsp3) is 0.682. The van der Waals surface area contributed by atoms with E-state index in [4.69, 9.17) is 4.74 Å². The van der Waals surface area contributed by atoms with Gasteiger partial charge in [0.25, 0.3) is 5.91 Å². The quantitative estimate of drug-likeness (QED) is 0.702. The Labute approximate surface area is 178 Å². The second-order valence-electron chi connectivity index (χ2n) is 9.06. The molecule has 8 nitrogen and oxygen atoms in total. The SMILES string of the molecule is CN(C)[C@H]1CCN(CCCN2CC3(CCN(C(=O)c4ccncc4)CC3)OC2=O)C1. The van der Waals surface area contributed by atoms with Crippen molar-refractivity contribution in [3.05, 3.63) is 30.1 Å². The molecule has 3 aliphatic rings. The summed E-state index contributed by atoms with van der Waals surface area (Å²) in [6.45, 7) is 5.88. The number of carbonyl (C=O) groups excluding carboxylic acids is 2. The van der Waals surface area contributed by atoms with Gasteiger partial charge in [-0.25, -0.2) is 4.79 Å². The molecule has 0 aromatic carbocycles. The lowest BCUT2D eigenvalue weighted by Gasteiger charge is -2.37. The Hall–Kier alpha value is -2.19. The van der Waals surface area contributed by atoms with Crippen LogP contribution in [0.15, 0.2) is 24.5 Å². The maximum atomic E-state index is 12.6. The van der Waals surface area contributed by atoms with Crippen molar-refractivity contribution in [2.45, 2.75) is 37.3 Å². The van der Waals surface area contributed by atoms with Crippen molar-refractivity contribution in [2.75, 3.05) is 59.9 Å². The zero-order valence-electron chi connectivity index (χ0n) is 18.1. The van der Waals surface area contributed by atoms with Gasteiger partial charge in [-0.2, -0.15) is 0 Å². The average Bonchev–Trinajstić information content (AvgIpc) is 3.34. The number of likely N-dealkylation sites (N-methyl/N-ethyl adjacent to an activating group) is 1. The van der Waals surface area contributed by atoms with Crippen LogP contribution in [0.5, 0.6) is 0 Å². The Morgan fingerprint density at radius 2 is 1.93 bits per heavy atom. The van der Waals surface area contributed by atoms with Crippen LogP contribution in [0.1, 0.15) is 36.0 Å². The van der Waals surface area contributed by atoms with Crippen molar-refractivity contribution in [3.63, 3.8) is 0 Å². The second kappa shape index (κ2) is 8.89. The largest absolute Gasteiger partial charge is 0.441 e. The lowest BCUT2D eigenvalue weighted by Crippen LogP contribution is -2.48. The molecule has 0 radical (unpaired) electrons. The molecule has 4 rings (SSSR count). The summed E-state index contributed by atoms with van der Waals surface area (Å²) in [5.74, 6) is 0.0232. The Morgan fingerprint density at radius 3 is 2.60 bits per heavy atom. The third-order valence-corrected chi connectivity index (χ3v) is 6.81. The first-order valence-electron chi connectivity index (χ1n) is 11.0. The van der Waals surface area contributed by atoms with E-state index in [9.17, 15) is 9.59 Å². The molecule has 0 saturated carbocycles. The van der Waals surface area contributed by atoms with Crippen LogP contribution in [0.2, 0.25) is 0 Å². The first-order valence-corrected chi connectivity index (χ1v) is 11.0. The van der Waals surface area contributed by atoms with Crippen LogP contribution >= 0.6 is 0 Å². The van der Waals surface area contributed by atoms with Crippen LogP contribution in [0, 0.1) is 0 Å². The summed E-state index contributed by atoms with van der Waals surface area (Å²) in [5.41, 5.74) is 0.222. The van der Waals surface area contributed by atoms with Gasteiger partial charge >= 0.3 is 6.09 Å². The van der Waals surface area contributed by atoms with Crippen molar-refractivity contribution in [1.82, 2.24) is 24.6 Å². The van der Waals surface area contributed by atoms with Gasteiger partial charge in [0, 0.05) is 63.0 Å². The Morgan fingerprint density at radius 1 is 1.20 bits per heavy atom. The van der Waals surface area contributed by atoms with E-state index in [0.717, 1.165) is 32.6 Å². The van der Waals surface area contributed by atoms with Gasteiger partial charge in [0.05, 0.1) is 6.54 Å². The molecule has 3 saturated heterocycles. The molecule has 30 heavy (non-hydrogen) atoms. The van der Waals surface area contributed by atoms with E-state index in [0.29, 0.717) is 44.1 Å². The number of amides is 2. The van der Waals surface area contributed by atoms with Crippen LogP contribution in [-0.2, 0) is 4.74 Å². The summed E-state index contributed by atoms with van der Waals surface area (Å²) in [5, 5.41) is 0. The molecule has 0 aliphatic carbocycles. The molecule has 3 aliphatic heterocycles. The zero-order chi connectivity index (χ0) is 21.1. The van der Waals surface area contributed by atoms with Crippen LogP contribution in [0.4, 0.5) is 4.79 Å². The molecule has 0 bridgehead atoms. The van der Waals surface area contributed by atoms with E-state index in [-0.39, 0.29) is 12.0 Å². The van der Waals surface area contributed by atoms with Crippen LogP contribution in [0.3, 0.4) is 0 Å². The topological polar surface area (TPSA) is 69.2 Å². The van der Waals surface area contributed by atoms with E-state index in [1.165, 1.54) is 6.42 Å². The highest BCUT2D eigenvalue weighted by Crippen LogP contribution is 2.33. The van der Waals surface area contributed by atoms with Crippen LogP contribution in [-0.4, -0.2) is 108 Å². The van der Waals surface area contributed by atoms with E-state index in [2.05, 4.69) is 28.9 Å². The predicted octanol–water partition coefficient (Wildman–Crippen LogP) is 1.53. The van der Waals surface area contributed by atoms with Gasteiger partial charge < -0.3 is 24.3 Å². The molecular formula is C22H33N5O3. The number of hydrogen-bond acceptors (Lipinski definition) is 6. The molecule has 2 amide bonds. The van der Waals surface area contributed by atoms with E-state index < -0.39 is 5.60 Å². The first-order chi connectivity index (χ1) is 14.5. The minimum atomic E-state index is -0.435. The highest BCUT2D eigenvalue weighted by atomic mass is 16.6. The molecule has 3 fully saturated rings. The molecule has 0 N–H and O–H groups in total. The molecular weight excluding hydrogens is 382 g/mol. The van der Waals surface area contributed by atoms with Crippen molar-refractivity contribution in [1.29, 1.82) is 0 Å². The highest BCUT2D eigenvalue weighted by molar-refractivity contribution is 5.94. The van der Waals surface area contributed by atoms with Crippen molar-refractivity contribution in [2.24, 2.45) is 0 Å². The fourth-order valence-electron chi connectivity index (χ4n) is 4.84. The molecule has 8 heteroatoms. The lowest BCUT2D eigenvalue weighted by molar-refractivity contribution is 0.00313. The minimum absolute atomic E-state index is 0.0232. The van der Waals surface area contributed by atoms with Gasteiger partial charge in [-0.1, -0.05) is 0 Å². The molecule has 164 valence electrons. The minimum Gasteiger partial charge on any atom is -0.441 e. The van der Waals surface area contributed by atoms with Crippen molar-refractivity contribution >= 4 is 12.0 Å². The molecule has 1 atom stereocenters. The number of nitrogens with zero attached hydrogens (tertiary/aromatic N) is 5. The number of carbonyl (C=O) groups is 2. The summed E-state index contributed by atoms with van der Waals surface area (Å²) in [7, 11) is 4.29. The summed E-state index contributed by atoms with van der Waals surface area (Å²) < 4.78 is 5.83. The lowest BCUT2D eigenvalue weighted by atomic mass is 9.91. The van der Waals surface area contributed by atoms with Crippen molar-refractivity contribution in [3.8, 4) is 0 Å². The summed E-state index contributed by atoms with van der Waals surface area (Å²) >= 11 is 0. The maximum Gasteiger partial charge on any atom is 0.410 e. The third kappa shape index (κ3) is 4.59. The average molecular weight is 416 g/mol. The van der Waals surface area contributed by atoms with Gasteiger partial charge in [-0.05, 0) is 52.2 Å². The number of rotatable bonds is 6. The van der Waals surface area contributed by atoms with Gasteiger partial charge in [0.2, 0.25) is 0 Å². The highest BCUT2D eigenvalue weighted by Gasteiger charge is 2.47. The van der Waals surface area contributed by atoms with Gasteiger partial charge in [0.15, 0.2) is 0 Å². The van der Waals surface area contributed by atoms with Crippen LogP contribution in [0.25, 0.3) is 0 Å². The zero-order valence-corrected chi connectivity index (χ0v) is 18.1. The third-order valence-electron chi connectivity index (χ3n) is 6.81. The first kappa shape index (κ1) is 21.1. The number of aromatic nitrogens is 1. The Kier molecular flexibility index (Phi) is 6.24. The second-order valence-corrected chi connectivity index (χ2v) is 9.06. The monoisotopic (exact) mass is 415 g/mol. The van der Waals surface area contributed by atoms with E-state index in [1.807, 2.05) is 9.80 Å². The molecule has 1 aromatic rings. The normalized spacial score (nSPS) is 24.1. The Bertz CT molecular complexity index is 748. The van der Waals surface area contributed by atoms with E-state index >= 15 is 0 Å². The number of likely N-dealkylation sites (tertiary alicyclic amines) is 2. The van der Waals surface area contributed by atoms with Gasteiger partial charge in [0.1, 0.15) is 5.60 Å². The van der Waals surface area contributed by atoms with E-state index in [1.54, 1.807) is 24.5 Å². The fourth-order valence-corrected chi connectivity index (χ4v) is 4.84. The molecule has 4 heterocycles. The molecule has 0 unspecified atom stereocenters. The van der Waals surface area contributed by atoms with Gasteiger partial charge in [-0.15, -0.1) is 0 Å². The number of pyridine rings is 1. The number of hydrogen-bond donors (Lipinski definition) is 0. The summed E-state index contributed by atoms with van der Waals surface area (Å²) in [4.78, 5) is 37.6. The van der Waals surface area contributed by atoms with Gasteiger partial charge in [-0.3, -0.25) is 9.78 Å². The summed E-state index contributed by atoms with van der Waals surface area (Å²) in [6, 6.07) is 4.13.